The minimum Gasteiger partial charge on any atom is -0.374 e. The third-order valence-electron chi connectivity index (χ3n) is 3.55. The highest BCUT2D eigenvalue weighted by atomic mass is 35.5. The van der Waals surface area contributed by atoms with E-state index >= 15 is 0 Å². The number of aromatic nitrogens is 2. The highest BCUT2D eigenvalue weighted by Crippen LogP contribution is 2.23. The summed E-state index contributed by atoms with van der Waals surface area (Å²) in [6.07, 6.45) is 1.00. The van der Waals surface area contributed by atoms with Crippen molar-refractivity contribution in [1.82, 2.24) is 14.7 Å². The van der Waals surface area contributed by atoms with Crippen molar-refractivity contribution in [3.63, 3.8) is 0 Å². The summed E-state index contributed by atoms with van der Waals surface area (Å²) in [5.74, 6) is 0. The Kier molecular flexibility index (Phi) is 5.21. The van der Waals surface area contributed by atoms with Crippen LogP contribution in [0.1, 0.15) is 25.2 Å². The lowest BCUT2D eigenvalue weighted by atomic mass is 10.2. The van der Waals surface area contributed by atoms with Crippen LogP contribution in [0.5, 0.6) is 0 Å². The molecule has 0 saturated carbocycles. The van der Waals surface area contributed by atoms with E-state index in [1.54, 1.807) is 0 Å². The maximum Gasteiger partial charge on any atom is 0.0863 e. The second kappa shape index (κ2) is 6.70. The number of ether oxygens (including phenoxy) is 1. The summed E-state index contributed by atoms with van der Waals surface area (Å²) in [5, 5.41) is 5.37. The van der Waals surface area contributed by atoms with E-state index in [1.807, 2.05) is 4.68 Å². The van der Waals surface area contributed by atoms with Crippen LogP contribution in [0.2, 0.25) is 5.02 Å². The number of halogens is 1. The molecule has 1 aliphatic heterocycles. The Morgan fingerprint density at radius 1 is 1.47 bits per heavy atom. The first-order valence-electron chi connectivity index (χ1n) is 6.97. The fraction of sp³-hybridized carbons (Fsp3) is 0.769. The third kappa shape index (κ3) is 3.28. The summed E-state index contributed by atoms with van der Waals surface area (Å²) in [6.45, 7) is 8.93. The summed E-state index contributed by atoms with van der Waals surface area (Å²) in [4.78, 5) is 2.34. The van der Waals surface area contributed by atoms with Crippen LogP contribution in [0.15, 0.2) is 0 Å². The van der Waals surface area contributed by atoms with Crippen LogP contribution in [-0.4, -0.2) is 47.0 Å². The van der Waals surface area contributed by atoms with Crippen molar-refractivity contribution in [3.8, 4) is 0 Å². The maximum absolute atomic E-state index is 6.43. The molecule has 1 aliphatic rings. The van der Waals surface area contributed by atoms with E-state index in [0.29, 0.717) is 6.54 Å². The molecule has 0 radical (unpaired) electrons. The first-order valence-corrected chi connectivity index (χ1v) is 7.35. The van der Waals surface area contributed by atoms with Crippen molar-refractivity contribution in [2.24, 2.45) is 5.73 Å². The molecule has 6 heteroatoms. The SMILES string of the molecule is CCc1nn(CC)c(CN2CCOC(CN)C2)c1Cl. The molecule has 0 spiro atoms. The Morgan fingerprint density at radius 3 is 2.89 bits per heavy atom. The smallest absolute Gasteiger partial charge is 0.0863 e. The molecule has 19 heavy (non-hydrogen) atoms. The van der Waals surface area contributed by atoms with Gasteiger partial charge in [-0.05, 0) is 13.3 Å². The number of aryl methyl sites for hydroxylation is 2. The largest absolute Gasteiger partial charge is 0.374 e. The molecule has 0 bridgehead atoms. The van der Waals surface area contributed by atoms with Gasteiger partial charge < -0.3 is 10.5 Å². The van der Waals surface area contributed by atoms with Crippen LogP contribution in [0, 0.1) is 0 Å². The Hall–Kier alpha value is -0.620. The molecule has 1 saturated heterocycles. The molecule has 1 fully saturated rings. The molecule has 0 aliphatic carbocycles. The quantitative estimate of drug-likeness (QED) is 0.886. The van der Waals surface area contributed by atoms with Crippen molar-refractivity contribution in [2.75, 3.05) is 26.2 Å². The fourth-order valence-electron chi connectivity index (χ4n) is 2.45. The average Bonchev–Trinajstić information content (AvgIpc) is 2.75. The highest BCUT2D eigenvalue weighted by Gasteiger charge is 2.22. The Labute approximate surface area is 119 Å². The zero-order chi connectivity index (χ0) is 13.8. The number of nitrogens with two attached hydrogens (primary N) is 1. The zero-order valence-electron chi connectivity index (χ0n) is 11.7. The number of nitrogens with zero attached hydrogens (tertiary/aromatic N) is 3. The first-order chi connectivity index (χ1) is 9.19. The van der Waals surface area contributed by atoms with Gasteiger partial charge in [0.1, 0.15) is 0 Å². The number of hydrogen-bond donors (Lipinski definition) is 1. The number of hydrogen-bond acceptors (Lipinski definition) is 4. The molecule has 0 amide bonds. The molecule has 5 nitrogen and oxygen atoms in total. The normalized spacial score (nSPS) is 20.9. The van der Waals surface area contributed by atoms with E-state index in [9.17, 15) is 0 Å². The van der Waals surface area contributed by atoms with Crippen LogP contribution in [-0.2, 0) is 24.2 Å². The molecule has 1 atom stereocenters. The number of rotatable bonds is 5. The molecule has 1 aromatic heterocycles. The van der Waals surface area contributed by atoms with Gasteiger partial charge in [0.2, 0.25) is 0 Å². The van der Waals surface area contributed by atoms with Gasteiger partial charge in [-0.2, -0.15) is 5.10 Å². The van der Waals surface area contributed by atoms with Gasteiger partial charge in [0.15, 0.2) is 0 Å². The molecule has 2 rings (SSSR count). The Balaban J connectivity index is 2.11. The summed E-state index contributed by atoms with van der Waals surface area (Å²) in [5.41, 5.74) is 7.77. The van der Waals surface area contributed by atoms with Gasteiger partial charge in [0.25, 0.3) is 0 Å². The van der Waals surface area contributed by atoms with E-state index in [1.165, 1.54) is 0 Å². The molecule has 108 valence electrons. The summed E-state index contributed by atoms with van der Waals surface area (Å²) >= 11 is 6.43. The van der Waals surface area contributed by atoms with E-state index < -0.39 is 0 Å². The lowest BCUT2D eigenvalue weighted by molar-refractivity contribution is -0.0267. The minimum absolute atomic E-state index is 0.135. The minimum atomic E-state index is 0.135. The van der Waals surface area contributed by atoms with E-state index in [0.717, 1.165) is 55.6 Å². The Bertz CT molecular complexity index is 421. The summed E-state index contributed by atoms with van der Waals surface area (Å²) < 4.78 is 7.59. The van der Waals surface area contributed by atoms with Crippen LogP contribution >= 0.6 is 11.6 Å². The van der Waals surface area contributed by atoms with Crippen LogP contribution in [0.3, 0.4) is 0 Å². The second-order valence-electron chi connectivity index (χ2n) is 4.84. The standard InChI is InChI=1S/C13H23ClN4O/c1-3-11-13(14)12(18(4-2)16-11)9-17-5-6-19-10(7-15)8-17/h10H,3-9,15H2,1-2H3. The van der Waals surface area contributed by atoms with Crippen molar-refractivity contribution in [2.45, 2.75) is 39.5 Å². The first kappa shape index (κ1) is 14.8. The lowest BCUT2D eigenvalue weighted by Crippen LogP contribution is -2.45. The monoisotopic (exact) mass is 286 g/mol. The average molecular weight is 287 g/mol. The van der Waals surface area contributed by atoms with Crippen molar-refractivity contribution in [1.29, 1.82) is 0 Å². The van der Waals surface area contributed by atoms with Gasteiger partial charge in [0, 0.05) is 32.7 Å². The Morgan fingerprint density at radius 2 is 2.26 bits per heavy atom. The zero-order valence-corrected chi connectivity index (χ0v) is 12.5. The van der Waals surface area contributed by atoms with Gasteiger partial charge in [-0.25, -0.2) is 0 Å². The van der Waals surface area contributed by atoms with Gasteiger partial charge in [-0.1, -0.05) is 18.5 Å². The van der Waals surface area contributed by atoms with E-state index in [-0.39, 0.29) is 6.10 Å². The second-order valence-corrected chi connectivity index (χ2v) is 5.22. The lowest BCUT2D eigenvalue weighted by Gasteiger charge is -2.32. The molecular formula is C13H23ClN4O. The third-order valence-corrected chi connectivity index (χ3v) is 3.99. The predicted molar refractivity (Wildman–Crippen MR) is 76.4 cm³/mol. The predicted octanol–water partition coefficient (Wildman–Crippen LogP) is 1.28. The van der Waals surface area contributed by atoms with Crippen LogP contribution < -0.4 is 5.73 Å². The topological polar surface area (TPSA) is 56.3 Å². The van der Waals surface area contributed by atoms with E-state index in [4.69, 9.17) is 22.1 Å². The maximum atomic E-state index is 6.43. The highest BCUT2D eigenvalue weighted by molar-refractivity contribution is 6.31. The molecular weight excluding hydrogens is 264 g/mol. The molecule has 0 aromatic carbocycles. The summed E-state index contributed by atoms with van der Waals surface area (Å²) in [6, 6.07) is 0. The van der Waals surface area contributed by atoms with Gasteiger partial charge in [0.05, 0.1) is 29.1 Å². The molecule has 2 heterocycles. The van der Waals surface area contributed by atoms with Crippen LogP contribution in [0.25, 0.3) is 0 Å². The molecule has 1 unspecified atom stereocenters. The van der Waals surface area contributed by atoms with Gasteiger partial charge >= 0.3 is 0 Å². The van der Waals surface area contributed by atoms with Gasteiger partial charge in [-0.15, -0.1) is 0 Å². The summed E-state index contributed by atoms with van der Waals surface area (Å²) in [7, 11) is 0. The van der Waals surface area contributed by atoms with E-state index in [2.05, 4.69) is 23.8 Å². The van der Waals surface area contributed by atoms with Crippen molar-refractivity contribution in [3.05, 3.63) is 16.4 Å². The molecule has 1 aromatic rings. The number of morpholine rings is 1. The van der Waals surface area contributed by atoms with Crippen molar-refractivity contribution < 1.29 is 4.74 Å². The van der Waals surface area contributed by atoms with Crippen LogP contribution in [0.4, 0.5) is 0 Å². The van der Waals surface area contributed by atoms with Crippen molar-refractivity contribution >= 4 is 11.6 Å². The molecule has 2 N–H and O–H groups in total. The fourth-order valence-corrected chi connectivity index (χ4v) is 2.78. The van der Waals surface area contributed by atoms with Gasteiger partial charge in [-0.3, -0.25) is 9.58 Å².